The zero-order valence-corrected chi connectivity index (χ0v) is 32.4. The summed E-state index contributed by atoms with van der Waals surface area (Å²) in [6.45, 7) is 0. The van der Waals surface area contributed by atoms with Gasteiger partial charge in [-0.2, -0.15) is 0 Å². The van der Waals surface area contributed by atoms with E-state index in [-0.39, 0.29) is 0 Å². The molecule has 0 unspecified atom stereocenters. The van der Waals surface area contributed by atoms with E-state index in [0.29, 0.717) is 17.5 Å². The number of nitrogens with zero attached hydrogens (tertiary/aromatic N) is 4. The quantitative estimate of drug-likeness (QED) is 0.166. The summed E-state index contributed by atoms with van der Waals surface area (Å²) in [4.78, 5) is 15.9. The van der Waals surface area contributed by atoms with E-state index in [9.17, 15) is 0 Å². The normalized spacial score (nSPS) is 12.3. The Morgan fingerprint density at radius 3 is 1.77 bits per heavy atom. The van der Waals surface area contributed by atoms with E-state index in [1.165, 1.54) is 32.3 Å². The second-order valence-corrected chi connectivity index (χ2v) is 15.9. The lowest BCUT2D eigenvalue weighted by Crippen LogP contribution is -2.01. The van der Waals surface area contributed by atoms with Gasteiger partial charge in [0.25, 0.3) is 0 Å². The Hall–Kier alpha value is -8.35. The van der Waals surface area contributed by atoms with Gasteiger partial charge in [-0.15, -0.1) is 0 Å². The molecule has 0 saturated heterocycles. The van der Waals surface area contributed by atoms with Gasteiger partial charge < -0.3 is 13.4 Å². The second-order valence-electron chi connectivity index (χ2n) is 15.9. The molecule has 0 atom stereocenters. The van der Waals surface area contributed by atoms with Gasteiger partial charge in [0.2, 0.25) is 0 Å². The number of furan rings is 2. The fourth-order valence-electron chi connectivity index (χ4n) is 9.91. The Kier molecular flexibility index (Phi) is 6.46. The van der Waals surface area contributed by atoms with Crippen molar-refractivity contribution in [2.45, 2.75) is 0 Å². The van der Waals surface area contributed by atoms with E-state index in [0.717, 1.165) is 88.1 Å². The van der Waals surface area contributed by atoms with Gasteiger partial charge in [-0.05, 0) is 75.5 Å². The zero-order valence-electron chi connectivity index (χ0n) is 32.4. The van der Waals surface area contributed by atoms with Crippen LogP contribution < -0.4 is 0 Å². The topological polar surface area (TPSA) is 69.9 Å². The lowest BCUT2D eigenvalue weighted by atomic mass is 9.93. The van der Waals surface area contributed by atoms with Crippen molar-refractivity contribution >= 4 is 98.0 Å². The van der Waals surface area contributed by atoms with Gasteiger partial charge in [-0.3, -0.25) is 0 Å². The summed E-state index contributed by atoms with van der Waals surface area (Å²) < 4.78 is 15.3. The van der Waals surface area contributed by atoms with Crippen LogP contribution in [0.25, 0.3) is 138 Å². The summed E-state index contributed by atoms with van der Waals surface area (Å²) in [5.41, 5.74) is 9.03. The summed E-state index contributed by atoms with van der Waals surface area (Å²) >= 11 is 0. The third kappa shape index (κ3) is 4.58. The molecule has 0 aliphatic carbocycles. The summed E-state index contributed by atoms with van der Waals surface area (Å²) in [6.07, 6.45) is 0. The first-order chi connectivity index (χ1) is 30.2. The lowest BCUT2D eigenvalue weighted by molar-refractivity contribution is 0.668. The monoisotopic (exact) mass is 778 g/mol. The average Bonchev–Trinajstić information content (AvgIpc) is 4.00. The van der Waals surface area contributed by atoms with Crippen molar-refractivity contribution in [2.24, 2.45) is 0 Å². The molecule has 4 aromatic heterocycles. The van der Waals surface area contributed by atoms with Crippen LogP contribution in [0, 0.1) is 0 Å². The molecule has 4 heterocycles. The molecule has 0 amide bonds. The van der Waals surface area contributed by atoms with E-state index in [4.69, 9.17) is 23.8 Å². The number of hydrogen-bond acceptors (Lipinski definition) is 5. The molecule has 282 valence electrons. The van der Waals surface area contributed by atoms with Crippen LogP contribution >= 0.6 is 0 Å². The highest BCUT2D eigenvalue weighted by atomic mass is 16.3. The highest BCUT2D eigenvalue weighted by Gasteiger charge is 2.23. The molecular weight excluding hydrogens is 749 g/mol. The number of para-hydroxylation sites is 4. The molecule has 61 heavy (non-hydrogen) atoms. The Morgan fingerprint density at radius 1 is 0.344 bits per heavy atom. The maximum atomic E-state index is 6.56. The van der Waals surface area contributed by atoms with Crippen LogP contribution in [0.4, 0.5) is 0 Å². The third-order valence-corrected chi connectivity index (χ3v) is 12.6. The number of rotatable bonds is 4. The van der Waals surface area contributed by atoms with Gasteiger partial charge in [-0.1, -0.05) is 133 Å². The molecule has 0 aliphatic heterocycles. The van der Waals surface area contributed by atoms with Gasteiger partial charge in [-0.25, -0.2) is 15.0 Å². The second kappa shape index (κ2) is 12.1. The molecule has 6 nitrogen and oxygen atoms in total. The molecule has 0 radical (unpaired) electrons. The SMILES string of the molecule is c1cc2ccc3ccc(-n4c5ccccc5c5c(-c6nc(-c7ccc8c(c7)oc7ccccc78)nc(-c7cccc8c7oc7ccccc78)n6)cccc54)c4ccc(c1)c2c34. The van der Waals surface area contributed by atoms with Crippen LogP contribution in [-0.4, -0.2) is 19.5 Å². The Balaban J connectivity index is 1.05. The molecule has 10 aromatic carbocycles. The van der Waals surface area contributed by atoms with Gasteiger partial charge in [0, 0.05) is 48.8 Å². The molecule has 0 bridgehead atoms. The van der Waals surface area contributed by atoms with Crippen molar-refractivity contribution in [1.82, 2.24) is 19.5 Å². The molecule has 0 fully saturated rings. The number of aromatic nitrogens is 4. The van der Waals surface area contributed by atoms with Crippen molar-refractivity contribution in [3.05, 3.63) is 182 Å². The smallest absolute Gasteiger partial charge is 0.167 e. The van der Waals surface area contributed by atoms with E-state index >= 15 is 0 Å². The minimum Gasteiger partial charge on any atom is -0.456 e. The van der Waals surface area contributed by atoms with Crippen molar-refractivity contribution in [3.8, 4) is 39.9 Å². The van der Waals surface area contributed by atoms with Crippen LogP contribution in [0.15, 0.2) is 191 Å². The first-order valence-corrected chi connectivity index (χ1v) is 20.5. The summed E-state index contributed by atoms with van der Waals surface area (Å²) in [6, 6.07) is 63.9. The van der Waals surface area contributed by atoms with Crippen molar-refractivity contribution in [3.63, 3.8) is 0 Å². The molecule has 14 aromatic rings. The standard InChI is InChI=1S/C55H30N4O2/c1-4-18-43-39(14-1)51-41(16-9-19-45(51)59(43)44-29-26-33-23-22-31-10-7-11-32-24-28-40(44)50(33)49(31)32)54-56-53(34-25-27-37-35-12-2-5-20-46(35)60-48(37)30-34)57-55(58-54)42-17-8-15-38-36-13-3-6-21-47(36)61-52(38)42/h1-30H. The van der Waals surface area contributed by atoms with Gasteiger partial charge in [0.15, 0.2) is 17.5 Å². The Morgan fingerprint density at radius 2 is 0.918 bits per heavy atom. The summed E-state index contributed by atoms with van der Waals surface area (Å²) in [5, 5.41) is 13.9. The van der Waals surface area contributed by atoms with Crippen LogP contribution in [0.2, 0.25) is 0 Å². The average molecular weight is 779 g/mol. The van der Waals surface area contributed by atoms with Crippen LogP contribution in [0.5, 0.6) is 0 Å². The number of fused-ring (bicyclic) bond motifs is 9. The van der Waals surface area contributed by atoms with Crippen molar-refractivity contribution < 1.29 is 8.83 Å². The maximum absolute atomic E-state index is 6.56. The predicted octanol–water partition coefficient (Wildman–Crippen LogP) is 14.7. The van der Waals surface area contributed by atoms with E-state index in [1.54, 1.807) is 0 Å². The van der Waals surface area contributed by atoms with Crippen molar-refractivity contribution in [1.29, 1.82) is 0 Å². The minimum absolute atomic E-state index is 0.530. The Bertz CT molecular complexity index is 4120. The molecular formula is C55H30N4O2. The molecule has 6 heteroatoms. The van der Waals surface area contributed by atoms with Gasteiger partial charge in [0.05, 0.1) is 22.3 Å². The molecule has 14 rings (SSSR count). The van der Waals surface area contributed by atoms with Crippen LogP contribution in [-0.2, 0) is 0 Å². The zero-order chi connectivity index (χ0) is 39.8. The number of benzene rings is 10. The van der Waals surface area contributed by atoms with Gasteiger partial charge >= 0.3 is 0 Å². The maximum Gasteiger partial charge on any atom is 0.167 e. The van der Waals surface area contributed by atoms with Crippen LogP contribution in [0.1, 0.15) is 0 Å². The first kappa shape index (κ1) is 32.6. The molecule has 0 saturated carbocycles. The molecule has 0 aliphatic rings. The van der Waals surface area contributed by atoms with Gasteiger partial charge in [0.1, 0.15) is 22.3 Å². The Labute approximate surface area is 346 Å². The predicted molar refractivity (Wildman–Crippen MR) is 249 cm³/mol. The summed E-state index contributed by atoms with van der Waals surface area (Å²) in [7, 11) is 0. The minimum atomic E-state index is 0.530. The van der Waals surface area contributed by atoms with Crippen LogP contribution in [0.3, 0.4) is 0 Å². The van der Waals surface area contributed by atoms with Crippen molar-refractivity contribution in [2.75, 3.05) is 0 Å². The van der Waals surface area contributed by atoms with E-state index in [1.807, 2.05) is 54.6 Å². The van der Waals surface area contributed by atoms with E-state index in [2.05, 4.69) is 132 Å². The first-order valence-electron chi connectivity index (χ1n) is 20.5. The highest BCUT2D eigenvalue weighted by molar-refractivity contribution is 6.25. The lowest BCUT2D eigenvalue weighted by Gasteiger charge is -2.16. The molecule has 0 spiro atoms. The fraction of sp³-hybridized carbons (Fsp3) is 0. The largest absolute Gasteiger partial charge is 0.456 e. The van der Waals surface area contributed by atoms with E-state index < -0.39 is 0 Å². The third-order valence-electron chi connectivity index (χ3n) is 12.6. The summed E-state index contributed by atoms with van der Waals surface area (Å²) in [5.74, 6) is 1.64. The number of hydrogen-bond donors (Lipinski definition) is 0. The highest BCUT2D eigenvalue weighted by Crippen LogP contribution is 2.43. The fourth-order valence-corrected chi connectivity index (χ4v) is 9.91. The molecule has 0 N–H and O–H groups in total.